The van der Waals surface area contributed by atoms with Gasteiger partial charge in [-0.15, -0.1) is 0 Å². The average Bonchev–Trinajstić information content (AvgIpc) is 3.71. The number of fused-ring (bicyclic) bond motifs is 2. The van der Waals surface area contributed by atoms with Crippen molar-refractivity contribution >= 4 is 70.1 Å². The van der Waals surface area contributed by atoms with Crippen LogP contribution in [0.5, 0.6) is 0 Å². The molecule has 0 saturated carbocycles. The van der Waals surface area contributed by atoms with Gasteiger partial charge in [-0.2, -0.15) is 0 Å². The number of benzene rings is 3. The van der Waals surface area contributed by atoms with Crippen LogP contribution in [-0.2, 0) is 27.3 Å². The number of amides is 5. The van der Waals surface area contributed by atoms with Crippen molar-refractivity contribution in [2.24, 2.45) is 5.73 Å². The van der Waals surface area contributed by atoms with Crippen LogP contribution in [0.1, 0.15) is 109 Å². The van der Waals surface area contributed by atoms with Gasteiger partial charge in [0, 0.05) is 66.1 Å². The van der Waals surface area contributed by atoms with Crippen molar-refractivity contribution in [3.63, 3.8) is 0 Å². The minimum Gasteiger partial charge on any atom is -0.389 e. The number of hydrogen-bond donors (Lipinski definition) is 3. The molecule has 0 aliphatic carbocycles. The number of rotatable bonds is 18. The lowest BCUT2D eigenvalue weighted by Crippen LogP contribution is -2.49. The van der Waals surface area contributed by atoms with Crippen molar-refractivity contribution in [3.05, 3.63) is 94.7 Å². The fourth-order valence-electron chi connectivity index (χ4n) is 7.81. The summed E-state index contributed by atoms with van der Waals surface area (Å²) in [6.07, 6.45) is 8.62. The quantitative estimate of drug-likeness (QED) is 0.0329. The third kappa shape index (κ3) is 9.06. The van der Waals surface area contributed by atoms with E-state index in [0.717, 1.165) is 76.2 Å². The van der Waals surface area contributed by atoms with Crippen LogP contribution in [0.4, 0.5) is 0 Å². The molecule has 2 aliphatic rings. The Morgan fingerprint density at radius 2 is 1.77 bits per heavy atom. The zero-order chi connectivity index (χ0) is 39.8. The zero-order valence-corrected chi connectivity index (χ0v) is 33.7. The van der Waals surface area contributed by atoms with Crippen molar-refractivity contribution in [2.75, 3.05) is 18.8 Å². The second-order valence-electron chi connectivity index (χ2n) is 14.5. The summed E-state index contributed by atoms with van der Waals surface area (Å²) < 4.78 is 4.91. The summed E-state index contributed by atoms with van der Waals surface area (Å²) in [6.45, 7) is 6.53. The number of unbranched alkanes of at least 4 members (excludes halogenated alkanes) is 1. The van der Waals surface area contributed by atoms with Crippen LogP contribution >= 0.6 is 24.2 Å². The van der Waals surface area contributed by atoms with E-state index >= 15 is 0 Å². The Bertz CT molecular complexity index is 2120. The van der Waals surface area contributed by atoms with Gasteiger partial charge in [0.15, 0.2) is 0 Å². The Kier molecular flexibility index (Phi) is 13.7. The molecule has 1 fully saturated rings. The first-order valence-electron chi connectivity index (χ1n) is 19.6. The van der Waals surface area contributed by atoms with Crippen LogP contribution < -0.4 is 16.4 Å². The number of carbonyl (C=O) groups is 5. The van der Waals surface area contributed by atoms with Crippen LogP contribution in [-0.4, -0.2) is 73.7 Å². The van der Waals surface area contributed by atoms with E-state index in [4.69, 9.17) is 18.0 Å². The van der Waals surface area contributed by atoms with E-state index in [-0.39, 0.29) is 24.3 Å². The molecule has 56 heavy (non-hydrogen) atoms. The highest BCUT2D eigenvalue weighted by molar-refractivity contribution is 7.97. The molecule has 0 bridgehead atoms. The molecule has 4 aromatic rings. The van der Waals surface area contributed by atoms with Gasteiger partial charge < -0.3 is 15.6 Å². The molecule has 11 nitrogen and oxygen atoms in total. The Morgan fingerprint density at radius 3 is 2.50 bits per heavy atom. The number of hydrogen-bond acceptors (Lipinski definition) is 8. The Balaban J connectivity index is 1.10. The van der Waals surface area contributed by atoms with Crippen LogP contribution in [0, 0.1) is 0 Å². The van der Waals surface area contributed by atoms with E-state index in [9.17, 15) is 24.0 Å². The maximum Gasteiger partial charge on any atom is 0.262 e. The van der Waals surface area contributed by atoms with E-state index < -0.39 is 23.8 Å². The number of imide groups is 2. The molecule has 0 spiro atoms. The van der Waals surface area contributed by atoms with E-state index in [1.807, 2.05) is 37.1 Å². The van der Waals surface area contributed by atoms with Gasteiger partial charge in [0.2, 0.25) is 18.2 Å². The Morgan fingerprint density at radius 1 is 0.982 bits per heavy atom. The van der Waals surface area contributed by atoms with Crippen molar-refractivity contribution in [2.45, 2.75) is 90.3 Å². The topological polar surface area (TPSA) is 147 Å². The lowest BCUT2D eigenvalue weighted by atomic mass is 9.98. The molecule has 1 unspecified atom stereocenters. The number of nitrogens with one attached hydrogen (secondary N) is 2. The summed E-state index contributed by atoms with van der Waals surface area (Å²) in [5, 5.41) is 6.33. The molecule has 1 atom stereocenters. The van der Waals surface area contributed by atoms with Crippen LogP contribution in [0.25, 0.3) is 22.0 Å². The molecule has 3 heterocycles. The number of aryl methyl sites for hydroxylation is 1. The van der Waals surface area contributed by atoms with Crippen molar-refractivity contribution in [1.29, 1.82) is 0 Å². The summed E-state index contributed by atoms with van der Waals surface area (Å²) >= 11 is 7.23. The van der Waals surface area contributed by atoms with Crippen molar-refractivity contribution in [1.82, 2.24) is 24.4 Å². The normalized spacial score (nSPS) is 15.2. The molecule has 5 amide bonds. The largest absolute Gasteiger partial charge is 0.389 e. The van der Waals surface area contributed by atoms with Crippen molar-refractivity contribution in [3.8, 4) is 11.1 Å². The molecular weight excluding hydrogens is 745 g/mol. The van der Waals surface area contributed by atoms with E-state index in [1.165, 1.54) is 0 Å². The van der Waals surface area contributed by atoms with Crippen LogP contribution in [0.15, 0.2) is 66.9 Å². The first-order chi connectivity index (χ1) is 27.1. The lowest BCUT2D eigenvalue weighted by molar-refractivity contribution is -0.128. The molecule has 2 aliphatic heterocycles. The molecule has 3 aromatic carbocycles. The fourth-order valence-corrected chi connectivity index (χ4v) is 8.85. The molecule has 13 heteroatoms. The number of piperidine rings is 1. The molecule has 294 valence electrons. The summed E-state index contributed by atoms with van der Waals surface area (Å²) in [7, 11) is 0. The van der Waals surface area contributed by atoms with Gasteiger partial charge >= 0.3 is 0 Å². The summed E-state index contributed by atoms with van der Waals surface area (Å²) in [5.41, 5.74) is 12.4. The van der Waals surface area contributed by atoms with Crippen LogP contribution in [0.2, 0.25) is 0 Å². The third-order valence-corrected chi connectivity index (χ3v) is 12.2. The molecule has 4 N–H and O–H groups in total. The fraction of sp³-hybridized carbons (Fsp3) is 0.395. The third-order valence-electron chi connectivity index (χ3n) is 10.7. The smallest absolute Gasteiger partial charge is 0.262 e. The number of aromatic nitrogens is 1. The maximum absolute atomic E-state index is 13.5. The standard InChI is InChI=1S/C43H50N6O5S2/c1-3-9-36(41(52)46-27-50)49-42(53)34-14-8-11-29(39(34)43(49)54)10-5-6-15-38(51)45-25-28-16-17-33-35(30-12-7-13-31(24-30)40(44)55)26-48(37(33)23-28)32-18-20-47(21-19-32)56-22-4-2/h7-8,11-14,16-17,23-24,26-27,32,36H,3-6,9-10,15,18-22,25H2,1-2H3,(H2,44,55)(H,45,51)(H,46,50,52). The second kappa shape index (κ2) is 18.9. The van der Waals surface area contributed by atoms with E-state index in [0.29, 0.717) is 60.8 Å². The Hall–Kier alpha value is -4.85. The van der Waals surface area contributed by atoms with Gasteiger partial charge in [-0.25, -0.2) is 0 Å². The summed E-state index contributed by atoms with van der Waals surface area (Å²) in [6, 6.07) is 18.9. The predicted molar refractivity (Wildman–Crippen MR) is 225 cm³/mol. The highest BCUT2D eigenvalue weighted by atomic mass is 32.2. The van der Waals surface area contributed by atoms with Gasteiger partial charge in [-0.3, -0.25) is 38.5 Å². The van der Waals surface area contributed by atoms with Gasteiger partial charge in [-0.1, -0.05) is 86.9 Å². The minimum atomic E-state index is -1.07. The number of nitrogens with two attached hydrogens (primary N) is 1. The van der Waals surface area contributed by atoms with Gasteiger partial charge in [-0.05, 0) is 79.8 Å². The van der Waals surface area contributed by atoms with Gasteiger partial charge in [0.25, 0.3) is 11.8 Å². The zero-order valence-electron chi connectivity index (χ0n) is 32.1. The minimum absolute atomic E-state index is 0.0630. The van der Waals surface area contributed by atoms with Gasteiger partial charge in [0.05, 0.1) is 11.1 Å². The monoisotopic (exact) mass is 794 g/mol. The molecule has 1 aromatic heterocycles. The van der Waals surface area contributed by atoms with Crippen molar-refractivity contribution < 1.29 is 24.0 Å². The Labute approximate surface area is 337 Å². The first kappa shape index (κ1) is 40.8. The van der Waals surface area contributed by atoms with Gasteiger partial charge in [0.1, 0.15) is 11.0 Å². The summed E-state index contributed by atoms with van der Waals surface area (Å²) in [5.74, 6) is -0.673. The molecule has 1 saturated heterocycles. The highest BCUT2D eigenvalue weighted by Gasteiger charge is 2.43. The average molecular weight is 795 g/mol. The SMILES string of the molecule is CCCSN1CCC(n2cc(-c3cccc(C(N)=S)c3)c3ccc(CNC(=O)CCCCc4cccc5c4C(=O)N(C(CCC)C(=O)NC=O)C5=O)cc32)CC1. The van der Waals surface area contributed by atoms with Crippen LogP contribution in [0.3, 0.4) is 0 Å². The maximum atomic E-state index is 13.5. The predicted octanol–water partition coefficient (Wildman–Crippen LogP) is 6.70. The van der Waals surface area contributed by atoms with E-state index in [1.54, 1.807) is 12.1 Å². The lowest BCUT2D eigenvalue weighted by Gasteiger charge is -2.32. The number of carbonyl (C=O) groups excluding carboxylic acids is 5. The van der Waals surface area contributed by atoms with E-state index in [2.05, 4.69) is 63.0 Å². The molecule has 0 radical (unpaired) electrons. The highest BCUT2D eigenvalue weighted by Crippen LogP contribution is 2.37. The first-order valence-corrected chi connectivity index (χ1v) is 20.9. The number of nitrogens with zero attached hydrogens (tertiary/aromatic N) is 3. The molecule has 6 rings (SSSR count). The summed E-state index contributed by atoms with van der Waals surface area (Å²) in [4.78, 5) is 64.7. The second-order valence-corrected chi connectivity index (χ2v) is 16.1. The molecular formula is C43H50N6O5S2. The number of thiocarbonyl (C=S) groups is 1.